The van der Waals surface area contributed by atoms with Crippen molar-refractivity contribution in [2.45, 2.75) is 26.2 Å². The molecule has 0 aliphatic carbocycles. The SMILES string of the molecule is CCCCCN(S)C(=O)Nc1ccc2ncc(-c3cn(C)cn3)nc2n1. The van der Waals surface area contributed by atoms with Gasteiger partial charge >= 0.3 is 6.03 Å². The minimum Gasteiger partial charge on any atom is -0.340 e. The predicted molar refractivity (Wildman–Crippen MR) is 104 cm³/mol. The van der Waals surface area contributed by atoms with Crippen molar-refractivity contribution in [3.63, 3.8) is 0 Å². The first-order valence-electron chi connectivity index (χ1n) is 8.46. The Labute approximate surface area is 157 Å². The minimum atomic E-state index is -0.315. The zero-order valence-corrected chi connectivity index (χ0v) is 15.6. The topological polar surface area (TPSA) is 88.8 Å². The third-order valence-electron chi connectivity index (χ3n) is 3.82. The zero-order chi connectivity index (χ0) is 18.5. The van der Waals surface area contributed by atoms with Crippen LogP contribution in [0, 0.1) is 0 Å². The number of unbranched alkanes of at least 4 members (excludes halogenated alkanes) is 2. The van der Waals surface area contributed by atoms with Crippen LogP contribution in [-0.2, 0) is 7.05 Å². The molecule has 0 aliphatic heterocycles. The van der Waals surface area contributed by atoms with E-state index in [1.54, 1.807) is 24.7 Å². The lowest BCUT2D eigenvalue weighted by Gasteiger charge is -2.15. The highest BCUT2D eigenvalue weighted by Gasteiger charge is 2.12. The van der Waals surface area contributed by atoms with Crippen molar-refractivity contribution in [2.24, 2.45) is 7.05 Å². The van der Waals surface area contributed by atoms with Gasteiger partial charge in [-0.25, -0.2) is 19.7 Å². The van der Waals surface area contributed by atoms with Gasteiger partial charge in [-0.1, -0.05) is 32.6 Å². The molecule has 1 N–H and O–H groups in total. The molecule has 0 aromatic carbocycles. The van der Waals surface area contributed by atoms with E-state index in [0.29, 0.717) is 29.2 Å². The first-order valence-corrected chi connectivity index (χ1v) is 8.86. The number of imidazole rings is 1. The Balaban J connectivity index is 1.76. The number of thiol groups is 1. The molecule has 0 radical (unpaired) electrons. The third kappa shape index (κ3) is 4.29. The van der Waals surface area contributed by atoms with E-state index in [2.05, 4.69) is 45.0 Å². The maximum absolute atomic E-state index is 12.2. The van der Waals surface area contributed by atoms with Crippen LogP contribution >= 0.6 is 12.8 Å². The molecule has 3 rings (SSSR count). The summed E-state index contributed by atoms with van der Waals surface area (Å²) >= 11 is 4.22. The third-order valence-corrected chi connectivity index (χ3v) is 4.20. The largest absolute Gasteiger partial charge is 0.340 e. The molecule has 3 aromatic heterocycles. The van der Waals surface area contributed by atoms with E-state index in [1.165, 1.54) is 4.31 Å². The number of hydrogen-bond donors (Lipinski definition) is 2. The Morgan fingerprint density at radius 1 is 1.23 bits per heavy atom. The summed E-state index contributed by atoms with van der Waals surface area (Å²) < 4.78 is 3.20. The maximum Gasteiger partial charge on any atom is 0.332 e. The summed E-state index contributed by atoms with van der Waals surface area (Å²) in [5, 5.41) is 2.74. The summed E-state index contributed by atoms with van der Waals surface area (Å²) in [5.41, 5.74) is 2.44. The Kier molecular flexibility index (Phi) is 5.67. The molecule has 0 bridgehead atoms. The second-order valence-electron chi connectivity index (χ2n) is 5.98. The van der Waals surface area contributed by atoms with Crippen LogP contribution in [-0.4, -0.2) is 41.4 Å². The van der Waals surface area contributed by atoms with E-state index in [4.69, 9.17) is 0 Å². The van der Waals surface area contributed by atoms with Gasteiger partial charge in [0.1, 0.15) is 22.7 Å². The lowest BCUT2D eigenvalue weighted by Crippen LogP contribution is -2.28. The number of carbonyl (C=O) groups is 1. The van der Waals surface area contributed by atoms with Crippen LogP contribution in [0.4, 0.5) is 10.6 Å². The van der Waals surface area contributed by atoms with Gasteiger partial charge in [-0.05, 0) is 18.6 Å². The summed E-state index contributed by atoms with van der Waals surface area (Å²) in [6, 6.07) is 3.15. The fraction of sp³-hybridized carbons (Fsp3) is 0.353. The van der Waals surface area contributed by atoms with Crippen molar-refractivity contribution < 1.29 is 4.79 Å². The van der Waals surface area contributed by atoms with Crippen LogP contribution in [0.3, 0.4) is 0 Å². The van der Waals surface area contributed by atoms with Crippen LogP contribution in [0.15, 0.2) is 30.9 Å². The normalized spacial score (nSPS) is 10.9. The summed E-state index contributed by atoms with van der Waals surface area (Å²) in [4.78, 5) is 29.7. The Morgan fingerprint density at radius 2 is 2.08 bits per heavy atom. The molecular formula is C17H21N7OS. The van der Waals surface area contributed by atoms with E-state index in [9.17, 15) is 4.79 Å². The molecule has 0 unspecified atom stereocenters. The quantitative estimate of drug-likeness (QED) is 0.513. The van der Waals surface area contributed by atoms with Crippen molar-refractivity contribution in [3.05, 3.63) is 30.9 Å². The number of nitrogens with zero attached hydrogens (tertiary/aromatic N) is 6. The number of anilines is 1. The molecular weight excluding hydrogens is 350 g/mol. The molecule has 0 fully saturated rings. The number of hydrogen-bond acceptors (Lipinski definition) is 6. The maximum atomic E-state index is 12.2. The van der Waals surface area contributed by atoms with E-state index in [1.807, 2.05) is 17.8 Å². The second kappa shape index (κ2) is 8.13. The van der Waals surface area contributed by atoms with Gasteiger partial charge in [0, 0.05) is 19.8 Å². The van der Waals surface area contributed by atoms with Crippen LogP contribution in [0.2, 0.25) is 0 Å². The van der Waals surface area contributed by atoms with Crippen molar-refractivity contribution >= 4 is 35.8 Å². The fourth-order valence-electron chi connectivity index (χ4n) is 2.42. The number of rotatable bonds is 6. The summed E-state index contributed by atoms with van der Waals surface area (Å²) in [5.74, 6) is 0.407. The standard InChI is InChI=1S/C17H21N7OS/c1-3-4-5-8-24(26)17(25)22-15-7-6-12-16(21-15)20-13(9-18-12)14-10-23(2)11-19-14/h6-7,9-11,26H,3-5,8H2,1-2H3,(H,20,21,22,25). The molecule has 0 atom stereocenters. The first kappa shape index (κ1) is 18.1. The monoisotopic (exact) mass is 371 g/mol. The molecule has 2 amide bonds. The Morgan fingerprint density at radius 3 is 2.81 bits per heavy atom. The number of aryl methyl sites for hydroxylation is 1. The predicted octanol–water partition coefficient (Wildman–Crippen LogP) is 3.29. The highest BCUT2D eigenvalue weighted by Crippen LogP contribution is 2.18. The highest BCUT2D eigenvalue weighted by atomic mass is 32.1. The van der Waals surface area contributed by atoms with E-state index >= 15 is 0 Å². The van der Waals surface area contributed by atoms with Gasteiger partial charge in [0.05, 0.1) is 12.5 Å². The van der Waals surface area contributed by atoms with Crippen molar-refractivity contribution in [1.82, 2.24) is 28.8 Å². The number of amides is 2. The second-order valence-corrected chi connectivity index (χ2v) is 6.46. The minimum absolute atomic E-state index is 0.315. The summed E-state index contributed by atoms with van der Waals surface area (Å²) in [6.07, 6.45) is 8.28. The average molecular weight is 371 g/mol. The van der Waals surface area contributed by atoms with Crippen molar-refractivity contribution in [3.8, 4) is 11.4 Å². The number of aromatic nitrogens is 5. The van der Waals surface area contributed by atoms with Crippen molar-refractivity contribution in [2.75, 3.05) is 11.9 Å². The smallest absolute Gasteiger partial charge is 0.332 e. The van der Waals surface area contributed by atoms with E-state index in [0.717, 1.165) is 25.0 Å². The number of pyridine rings is 1. The highest BCUT2D eigenvalue weighted by molar-refractivity contribution is 7.78. The van der Waals surface area contributed by atoms with Gasteiger partial charge < -0.3 is 4.57 Å². The number of nitrogens with one attached hydrogen (secondary N) is 1. The van der Waals surface area contributed by atoms with Gasteiger partial charge in [0.15, 0.2) is 5.65 Å². The summed E-state index contributed by atoms with van der Waals surface area (Å²) in [7, 11) is 1.89. The van der Waals surface area contributed by atoms with Crippen LogP contribution in [0.25, 0.3) is 22.6 Å². The van der Waals surface area contributed by atoms with Crippen LogP contribution in [0.5, 0.6) is 0 Å². The number of urea groups is 1. The lowest BCUT2D eigenvalue weighted by atomic mass is 10.2. The first-order chi connectivity index (χ1) is 12.6. The Bertz CT molecular complexity index is 911. The molecule has 136 valence electrons. The van der Waals surface area contributed by atoms with Gasteiger partial charge in [-0.2, -0.15) is 0 Å². The van der Waals surface area contributed by atoms with Gasteiger partial charge in [-0.15, -0.1) is 0 Å². The number of carbonyl (C=O) groups excluding carboxylic acids is 1. The molecule has 3 heterocycles. The Hall–Kier alpha value is -2.68. The molecule has 26 heavy (non-hydrogen) atoms. The van der Waals surface area contributed by atoms with Crippen LogP contribution in [0.1, 0.15) is 26.2 Å². The van der Waals surface area contributed by atoms with E-state index in [-0.39, 0.29) is 6.03 Å². The fourth-order valence-corrected chi connectivity index (χ4v) is 2.61. The van der Waals surface area contributed by atoms with Gasteiger partial charge in [0.2, 0.25) is 0 Å². The molecule has 0 saturated carbocycles. The number of fused-ring (bicyclic) bond motifs is 1. The average Bonchev–Trinajstić information content (AvgIpc) is 3.07. The van der Waals surface area contributed by atoms with E-state index < -0.39 is 0 Å². The molecule has 8 nitrogen and oxygen atoms in total. The molecule has 0 saturated heterocycles. The van der Waals surface area contributed by atoms with Gasteiger partial charge in [-0.3, -0.25) is 14.6 Å². The summed E-state index contributed by atoms with van der Waals surface area (Å²) in [6.45, 7) is 2.70. The lowest BCUT2D eigenvalue weighted by molar-refractivity contribution is 0.238. The van der Waals surface area contributed by atoms with Crippen LogP contribution < -0.4 is 5.32 Å². The molecule has 3 aromatic rings. The van der Waals surface area contributed by atoms with Crippen molar-refractivity contribution in [1.29, 1.82) is 0 Å². The molecule has 9 heteroatoms. The zero-order valence-electron chi connectivity index (χ0n) is 14.8. The molecule has 0 aliphatic rings. The molecule has 0 spiro atoms. The van der Waals surface area contributed by atoms with Gasteiger partial charge in [0.25, 0.3) is 0 Å².